The summed E-state index contributed by atoms with van der Waals surface area (Å²) in [4.78, 5) is 11.6. The first-order valence-corrected chi connectivity index (χ1v) is 7.41. The molecule has 0 saturated heterocycles. The molecule has 4 nitrogen and oxygen atoms in total. The highest BCUT2D eigenvalue weighted by Gasteiger charge is 2.30. The molecule has 23 heavy (non-hydrogen) atoms. The molecule has 0 aliphatic carbocycles. The molecule has 0 fully saturated rings. The summed E-state index contributed by atoms with van der Waals surface area (Å²) < 4.78 is 37.7. The summed E-state index contributed by atoms with van der Waals surface area (Å²) in [7, 11) is 0. The molecule has 2 N–H and O–H groups in total. The highest BCUT2D eigenvalue weighted by Crippen LogP contribution is 2.30. The molecule has 0 atom stereocenters. The lowest BCUT2D eigenvalue weighted by atomic mass is 10.1. The number of hydrogen-bond donors (Lipinski definition) is 2. The molecule has 0 bridgehead atoms. The van der Waals surface area contributed by atoms with Crippen molar-refractivity contribution >= 4 is 17.3 Å². The van der Waals surface area contributed by atoms with Crippen LogP contribution < -0.4 is 10.7 Å². The van der Waals surface area contributed by atoms with E-state index in [0.717, 1.165) is 30.7 Å². The van der Waals surface area contributed by atoms with Crippen LogP contribution in [0.25, 0.3) is 0 Å². The second-order valence-corrected chi connectivity index (χ2v) is 5.75. The molecule has 1 amide bonds. The van der Waals surface area contributed by atoms with Gasteiger partial charge in [-0.2, -0.15) is 18.3 Å². The Kier molecular flexibility index (Phi) is 7.06. The van der Waals surface area contributed by atoms with Crippen LogP contribution in [-0.4, -0.2) is 18.2 Å². The quantitative estimate of drug-likeness (QED) is 0.586. The van der Waals surface area contributed by atoms with Gasteiger partial charge >= 0.3 is 6.18 Å². The van der Waals surface area contributed by atoms with E-state index in [2.05, 4.69) is 29.7 Å². The second kappa shape index (κ2) is 8.55. The van der Waals surface area contributed by atoms with Gasteiger partial charge in [0.05, 0.1) is 12.1 Å². The topological polar surface area (TPSA) is 53.5 Å². The number of anilines is 1. The molecule has 0 aromatic heterocycles. The zero-order valence-electron chi connectivity index (χ0n) is 13.5. The average molecular weight is 329 g/mol. The van der Waals surface area contributed by atoms with Crippen molar-refractivity contribution in [2.75, 3.05) is 11.9 Å². The molecule has 0 saturated carbocycles. The Balaban J connectivity index is 2.46. The smallest absolute Gasteiger partial charge is 0.376 e. The van der Waals surface area contributed by atoms with Crippen molar-refractivity contribution in [3.8, 4) is 0 Å². The highest BCUT2D eigenvalue weighted by molar-refractivity contribution is 5.85. The first-order valence-electron chi connectivity index (χ1n) is 7.41. The third kappa shape index (κ3) is 7.67. The van der Waals surface area contributed by atoms with Crippen LogP contribution in [0.5, 0.6) is 0 Å². The number of alkyl halides is 3. The van der Waals surface area contributed by atoms with Crippen LogP contribution in [-0.2, 0) is 11.0 Å². The van der Waals surface area contributed by atoms with E-state index in [1.54, 1.807) is 0 Å². The number of nitrogens with one attached hydrogen (secondary N) is 2. The number of benzene rings is 1. The zero-order valence-corrected chi connectivity index (χ0v) is 13.5. The van der Waals surface area contributed by atoms with Crippen LogP contribution in [0, 0.1) is 5.92 Å². The molecule has 0 unspecified atom stereocenters. The first kappa shape index (κ1) is 19.0. The van der Waals surface area contributed by atoms with Gasteiger partial charge in [-0.15, -0.1) is 0 Å². The Morgan fingerprint density at radius 2 is 2.00 bits per heavy atom. The molecular weight excluding hydrogens is 307 g/mol. The van der Waals surface area contributed by atoms with Crippen molar-refractivity contribution in [3.05, 3.63) is 29.8 Å². The van der Waals surface area contributed by atoms with Crippen molar-refractivity contribution < 1.29 is 18.0 Å². The maximum Gasteiger partial charge on any atom is 0.416 e. The number of carbonyl (C=O) groups is 1. The third-order valence-electron chi connectivity index (χ3n) is 3.10. The van der Waals surface area contributed by atoms with E-state index in [9.17, 15) is 18.0 Å². The van der Waals surface area contributed by atoms with Gasteiger partial charge in [0.15, 0.2) is 0 Å². The molecular formula is C16H22F3N3O. The first-order chi connectivity index (χ1) is 10.7. The zero-order chi connectivity index (χ0) is 17.5. The van der Waals surface area contributed by atoms with Crippen LogP contribution in [0.1, 0.15) is 39.2 Å². The van der Waals surface area contributed by atoms with Crippen molar-refractivity contribution in [3.63, 3.8) is 0 Å². The number of nitrogens with zero attached hydrogens (tertiary/aromatic N) is 1. The van der Waals surface area contributed by atoms with Gasteiger partial charge in [-0.3, -0.25) is 4.79 Å². The van der Waals surface area contributed by atoms with Gasteiger partial charge in [-0.05, 0) is 43.9 Å². The second-order valence-electron chi connectivity index (χ2n) is 5.75. The Morgan fingerprint density at radius 1 is 1.30 bits per heavy atom. The number of hydrazone groups is 1. The van der Waals surface area contributed by atoms with Crippen LogP contribution in [0.3, 0.4) is 0 Å². The lowest BCUT2D eigenvalue weighted by Crippen LogP contribution is -2.26. The van der Waals surface area contributed by atoms with Crippen molar-refractivity contribution in [1.82, 2.24) is 5.43 Å². The van der Waals surface area contributed by atoms with Gasteiger partial charge in [0.1, 0.15) is 0 Å². The molecule has 128 valence electrons. The van der Waals surface area contributed by atoms with Crippen molar-refractivity contribution in [2.24, 2.45) is 11.0 Å². The summed E-state index contributed by atoms with van der Waals surface area (Å²) >= 11 is 0. The molecule has 1 aromatic rings. The summed E-state index contributed by atoms with van der Waals surface area (Å²) in [5.41, 5.74) is 2.67. The maximum absolute atomic E-state index is 12.6. The number of carbonyl (C=O) groups excluding carboxylic acids is 1. The molecule has 0 spiro atoms. The minimum atomic E-state index is -4.40. The van der Waals surface area contributed by atoms with Crippen LogP contribution in [0.4, 0.5) is 18.9 Å². The number of hydrogen-bond acceptors (Lipinski definition) is 3. The molecule has 0 aliphatic rings. The van der Waals surface area contributed by atoms with Crippen LogP contribution in [0.2, 0.25) is 0 Å². The highest BCUT2D eigenvalue weighted by atomic mass is 19.4. The fourth-order valence-corrected chi connectivity index (χ4v) is 1.74. The van der Waals surface area contributed by atoms with Crippen molar-refractivity contribution in [1.29, 1.82) is 0 Å². The molecule has 7 heteroatoms. The van der Waals surface area contributed by atoms with Crippen molar-refractivity contribution in [2.45, 2.75) is 39.8 Å². The third-order valence-corrected chi connectivity index (χ3v) is 3.10. The van der Waals surface area contributed by atoms with Crippen LogP contribution in [0.15, 0.2) is 29.4 Å². The molecule has 1 rings (SSSR count). The minimum Gasteiger partial charge on any atom is -0.376 e. The predicted octanol–water partition coefficient (Wildman–Crippen LogP) is 4.05. The summed E-state index contributed by atoms with van der Waals surface area (Å²) in [5.74, 6) is 0.143. The number of rotatable bonds is 7. The Labute approximate surface area is 134 Å². The Morgan fingerprint density at radius 3 is 2.61 bits per heavy atom. The fourth-order valence-electron chi connectivity index (χ4n) is 1.74. The molecule has 1 aromatic carbocycles. The van der Waals surface area contributed by atoms with E-state index in [0.29, 0.717) is 5.92 Å². The van der Waals surface area contributed by atoms with Gasteiger partial charge < -0.3 is 5.32 Å². The largest absolute Gasteiger partial charge is 0.416 e. The number of halogens is 3. The lowest BCUT2D eigenvalue weighted by Gasteiger charge is -2.10. The Bertz CT molecular complexity index is 554. The van der Waals surface area contributed by atoms with E-state index < -0.39 is 17.6 Å². The summed E-state index contributed by atoms with van der Waals surface area (Å²) in [6.07, 6.45) is -2.63. The normalized spacial score (nSPS) is 12.4. The van der Waals surface area contributed by atoms with E-state index in [1.807, 2.05) is 6.92 Å². The average Bonchev–Trinajstić information content (AvgIpc) is 2.48. The SMILES string of the molecule is C/C(CCC(C)C)=N/NC(=O)CNc1cccc(C(F)(F)F)c1. The van der Waals surface area contributed by atoms with Gasteiger partial charge in [0, 0.05) is 11.4 Å². The van der Waals surface area contributed by atoms with E-state index in [-0.39, 0.29) is 12.2 Å². The van der Waals surface area contributed by atoms with E-state index >= 15 is 0 Å². The van der Waals surface area contributed by atoms with Gasteiger partial charge in [0.2, 0.25) is 0 Å². The van der Waals surface area contributed by atoms with E-state index in [1.165, 1.54) is 12.1 Å². The minimum absolute atomic E-state index is 0.151. The summed E-state index contributed by atoms with van der Waals surface area (Å²) in [6.45, 7) is 5.88. The van der Waals surface area contributed by atoms with Gasteiger partial charge in [-0.25, -0.2) is 5.43 Å². The molecule has 0 heterocycles. The fraction of sp³-hybridized carbons (Fsp3) is 0.500. The van der Waals surface area contributed by atoms with Gasteiger partial charge in [-0.1, -0.05) is 19.9 Å². The maximum atomic E-state index is 12.6. The molecule has 0 aliphatic heterocycles. The standard InChI is InChI=1S/C16H22F3N3O/c1-11(2)7-8-12(3)21-22-15(23)10-20-14-6-4-5-13(9-14)16(17,18)19/h4-6,9,11,20H,7-8,10H2,1-3H3,(H,22,23)/b21-12-. The van der Waals surface area contributed by atoms with Gasteiger partial charge in [0.25, 0.3) is 5.91 Å². The lowest BCUT2D eigenvalue weighted by molar-refractivity contribution is -0.137. The predicted molar refractivity (Wildman–Crippen MR) is 85.3 cm³/mol. The summed E-state index contributed by atoms with van der Waals surface area (Å²) in [5, 5.41) is 6.61. The van der Waals surface area contributed by atoms with Crippen LogP contribution >= 0.6 is 0 Å². The monoisotopic (exact) mass is 329 g/mol. The Hall–Kier alpha value is -2.05. The van der Waals surface area contributed by atoms with E-state index in [4.69, 9.17) is 0 Å². The summed E-state index contributed by atoms with van der Waals surface area (Å²) in [6, 6.07) is 4.70. The molecule has 0 radical (unpaired) electrons. The number of amides is 1.